The summed E-state index contributed by atoms with van der Waals surface area (Å²) >= 11 is 5.95. The van der Waals surface area contributed by atoms with Gasteiger partial charge >= 0.3 is 0 Å². The lowest BCUT2D eigenvalue weighted by molar-refractivity contribution is -0.114. The zero-order valence-electron chi connectivity index (χ0n) is 11.5. The second-order valence-corrected chi connectivity index (χ2v) is 5.13. The van der Waals surface area contributed by atoms with Crippen LogP contribution in [0, 0.1) is 6.92 Å². The van der Waals surface area contributed by atoms with Gasteiger partial charge in [0, 0.05) is 29.9 Å². The summed E-state index contributed by atoms with van der Waals surface area (Å²) in [6.07, 6.45) is 0. The van der Waals surface area contributed by atoms with Gasteiger partial charge in [-0.1, -0.05) is 29.8 Å². The molecule has 0 fully saturated rings. The van der Waals surface area contributed by atoms with Gasteiger partial charge < -0.3 is 10.6 Å². The lowest BCUT2D eigenvalue weighted by Gasteiger charge is -2.11. The summed E-state index contributed by atoms with van der Waals surface area (Å²) in [5, 5.41) is 6.87. The number of anilines is 2. The Balaban J connectivity index is 2.08. The van der Waals surface area contributed by atoms with Crippen LogP contribution in [0.1, 0.15) is 18.1 Å². The SMILES string of the molecule is CC(=O)Nc1cc(NCc2cccc(Cl)c2)ccc1C. The first-order chi connectivity index (χ1) is 9.54. The minimum Gasteiger partial charge on any atom is -0.381 e. The minimum absolute atomic E-state index is 0.0694. The Morgan fingerprint density at radius 3 is 2.70 bits per heavy atom. The molecule has 4 heteroatoms. The quantitative estimate of drug-likeness (QED) is 0.884. The van der Waals surface area contributed by atoms with Gasteiger partial charge in [-0.05, 0) is 42.3 Å². The highest BCUT2D eigenvalue weighted by atomic mass is 35.5. The van der Waals surface area contributed by atoms with Gasteiger partial charge in [0.05, 0.1) is 0 Å². The van der Waals surface area contributed by atoms with Crippen LogP contribution in [-0.2, 0) is 11.3 Å². The molecule has 0 radical (unpaired) electrons. The maximum atomic E-state index is 11.1. The van der Waals surface area contributed by atoms with Gasteiger partial charge in [-0.3, -0.25) is 4.79 Å². The van der Waals surface area contributed by atoms with Crippen molar-refractivity contribution in [2.24, 2.45) is 0 Å². The molecule has 20 heavy (non-hydrogen) atoms. The molecule has 0 aromatic heterocycles. The average molecular weight is 289 g/mol. The van der Waals surface area contributed by atoms with Crippen molar-refractivity contribution in [1.29, 1.82) is 0 Å². The molecule has 0 spiro atoms. The van der Waals surface area contributed by atoms with Crippen molar-refractivity contribution in [2.75, 3.05) is 10.6 Å². The maximum Gasteiger partial charge on any atom is 0.221 e. The van der Waals surface area contributed by atoms with E-state index >= 15 is 0 Å². The molecule has 0 heterocycles. The van der Waals surface area contributed by atoms with Gasteiger partial charge in [0.25, 0.3) is 0 Å². The van der Waals surface area contributed by atoms with Gasteiger partial charge in [0.15, 0.2) is 0 Å². The van der Waals surface area contributed by atoms with Crippen molar-refractivity contribution in [3.05, 3.63) is 58.6 Å². The molecule has 0 saturated heterocycles. The Hall–Kier alpha value is -2.00. The Labute approximate surface area is 124 Å². The molecule has 0 saturated carbocycles. The highest BCUT2D eigenvalue weighted by Crippen LogP contribution is 2.21. The third-order valence-corrected chi connectivity index (χ3v) is 3.17. The molecule has 0 bridgehead atoms. The zero-order valence-corrected chi connectivity index (χ0v) is 12.3. The predicted octanol–water partition coefficient (Wildman–Crippen LogP) is 4.22. The molecule has 104 valence electrons. The lowest BCUT2D eigenvalue weighted by Crippen LogP contribution is -2.08. The number of aryl methyl sites for hydroxylation is 1. The van der Waals surface area contributed by atoms with Gasteiger partial charge in [0.1, 0.15) is 0 Å². The van der Waals surface area contributed by atoms with E-state index < -0.39 is 0 Å². The largest absolute Gasteiger partial charge is 0.381 e. The van der Waals surface area contributed by atoms with E-state index in [1.807, 2.05) is 49.4 Å². The average Bonchev–Trinajstić information content (AvgIpc) is 2.39. The highest BCUT2D eigenvalue weighted by Gasteiger charge is 2.02. The van der Waals surface area contributed by atoms with E-state index in [1.54, 1.807) is 0 Å². The monoisotopic (exact) mass is 288 g/mol. The molecular weight excluding hydrogens is 272 g/mol. The first-order valence-electron chi connectivity index (χ1n) is 6.41. The van der Waals surface area contributed by atoms with Crippen LogP contribution in [0.3, 0.4) is 0 Å². The van der Waals surface area contributed by atoms with Crippen molar-refractivity contribution in [2.45, 2.75) is 20.4 Å². The highest BCUT2D eigenvalue weighted by molar-refractivity contribution is 6.30. The first kappa shape index (κ1) is 14.4. The Morgan fingerprint density at radius 2 is 2.00 bits per heavy atom. The number of halogens is 1. The second-order valence-electron chi connectivity index (χ2n) is 4.69. The molecule has 0 atom stereocenters. The fourth-order valence-corrected chi connectivity index (χ4v) is 2.12. The third-order valence-electron chi connectivity index (χ3n) is 2.93. The number of hydrogen-bond donors (Lipinski definition) is 2. The first-order valence-corrected chi connectivity index (χ1v) is 6.79. The number of benzene rings is 2. The van der Waals surface area contributed by atoms with E-state index in [0.717, 1.165) is 27.5 Å². The van der Waals surface area contributed by atoms with Crippen LogP contribution < -0.4 is 10.6 Å². The number of nitrogens with one attached hydrogen (secondary N) is 2. The van der Waals surface area contributed by atoms with E-state index in [2.05, 4.69) is 10.6 Å². The van der Waals surface area contributed by atoms with Crippen molar-refractivity contribution >= 4 is 28.9 Å². The predicted molar refractivity (Wildman–Crippen MR) is 84.3 cm³/mol. The normalized spacial score (nSPS) is 10.2. The van der Waals surface area contributed by atoms with Gasteiger partial charge in [-0.2, -0.15) is 0 Å². The third kappa shape index (κ3) is 4.00. The summed E-state index contributed by atoms with van der Waals surface area (Å²) in [5.74, 6) is -0.0694. The van der Waals surface area contributed by atoms with Crippen molar-refractivity contribution in [1.82, 2.24) is 0 Å². The lowest BCUT2D eigenvalue weighted by atomic mass is 10.1. The van der Waals surface area contributed by atoms with E-state index in [0.29, 0.717) is 6.54 Å². The van der Waals surface area contributed by atoms with Crippen LogP contribution in [0.15, 0.2) is 42.5 Å². The van der Waals surface area contributed by atoms with Crippen molar-refractivity contribution in [3.8, 4) is 0 Å². The molecule has 0 aliphatic heterocycles. The zero-order chi connectivity index (χ0) is 14.5. The van der Waals surface area contributed by atoms with E-state index in [4.69, 9.17) is 11.6 Å². The summed E-state index contributed by atoms with van der Waals surface area (Å²) in [5.41, 5.74) is 3.93. The maximum absolute atomic E-state index is 11.1. The van der Waals surface area contributed by atoms with Crippen LogP contribution >= 0.6 is 11.6 Å². The van der Waals surface area contributed by atoms with Gasteiger partial charge in [-0.15, -0.1) is 0 Å². The Bertz CT molecular complexity index is 626. The van der Waals surface area contributed by atoms with Crippen LogP contribution in [0.4, 0.5) is 11.4 Å². The molecule has 2 aromatic rings. The van der Waals surface area contributed by atoms with Crippen LogP contribution in [0.25, 0.3) is 0 Å². The fourth-order valence-electron chi connectivity index (χ4n) is 1.91. The summed E-state index contributed by atoms with van der Waals surface area (Å²) in [4.78, 5) is 11.1. The molecular formula is C16H17ClN2O. The van der Waals surface area contributed by atoms with E-state index in [9.17, 15) is 4.79 Å². The number of rotatable bonds is 4. The van der Waals surface area contributed by atoms with E-state index in [1.165, 1.54) is 6.92 Å². The molecule has 0 aliphatic carbocycles. The Kier molecular flexibility index (Phi) is 4.64. The van der Waals surface area contributed by atoms with Gasteiger partial charge in [0.2, 0.25) is 5.91 Å². The fraction of sp³-hybridized carbons (Fsp3) is 0.188. The van der Waals surface area contributed by atoms with E-state index in [-0.39, 0.29) is 5.91 Å². The summed E-state index contributed by atoms with van der Waals surface area (Å²) in [7, 11) is 0. The molecule has 3 nitrogen and oxygen atoms in total. The molecule has 2 rings (SSSR count). The number of hydrogen-bond acceptors (Lipinski definition) is 2. The van der Waals surface area contributed by atoms with Crippen LogP contribution in [-0.4, -0.2) is 5.91 Å². The Morgan fingerprint density at radius 1 is 1.20 bits per heavy atom. The van der Waals surface area contributed by atoms with Crippen molar-refractivity contribution < 1.29 is 4.79 Å². The summed E-state index contributed by atoms with van der Waals surface area (Å²) < 4.78 is 0. The smallest absolute Gasteiger partial charge is 0.221 e. The molecule has 1 amide bonds. The summed E-state index contributed by atoms with van der Waals surface area (Å²) in [6.45, 7) is 4.15. The standard InChI is InChI=1S/C16H17ClN2O/c1-11-6-7-15(9-16(11)19-12(2)20)18-10-13-4-3-5-14(17)8-13/h3-9,18H,10H2,1-2H3,(H,19,20). The second kappa shape index (κ2) is 6.44. The number of amides is 1. The van der Waals surface area contributed by atoms with Crippen LogP contribution in [0.5, 0.6) is 0 Å². The molecule has 0 unspecified atom stereocenters. The molecule has 2 aromatic carbocycles. The minimum atomic E-state index is -0.0694. The van der Waals surface area contributed by atoms with Crippen molar-refractivity contribution in [3.63, 3.8) is 0 Å². The number of carbonyl (C=O) groups is 1. The van der Waals surface area contributed by atoms with Crippen LogP contribution in [0.2, 0.25) is 5.02 Å². The molecule has 0 aliphatic rings. The molecule has 2 N–H and O–H groups in total. The topological polar surface area (TPSA) is 41.1 Å². The summed E-state index contributed by atoms with van der Waals surface area (Å²) in [6, 6.07) is 13.6. The van der Waals surface area contributed by atoms with Gasteiger partial charge in [-0.25, -0.2) is 0 Å². The number of carbonyl (C=O) groups excluding carboxylic acids is 1.